The number of carbonyl (C=O) groups excluding carboxylic acids is 1. The second-order valence-corrected chi connectivity index (χ2v) is 4.63. The molecular formula is C15H10ClN3O2. The Kier molecular flexibility index (Phi) is 3.66. The predicted molar refractivity (Wildman–Crippen MR) is 77.8 cm³/mol. The maximum atomic E-state index is 12.0. The van der Waals surface area contributed by atoms with Crippen LogP contribution in [0.1, 0.15) is 10.5 Å². The summed E-state index contributed by atoms with van der Waals surface area (Å²) in [5, 5.41) is 8.72. The van der Waals surface area contributed by atoms with Crippen molar-refractivity contribution in [2.24, 2.45) is 0 Å². The van der Waals surface area contributed by atoms with Gasteiger partial charge in [0, 0.05) is 5.02 Å². The molecule has 0 aliphatic rings. The molecule has 0 radical (unpaired) electrons. The van der Waals surface area contributed by atoms with E-state index < -0.39 is 5.97 Å². The normalized spacial score (nSPS) is 10.3. The van der Waals surface area contributed by atoms with Gasteiger partial charge in [0.15, 0.2) is 5.69 Å². The van der Waals surface area contributed by atoms with Crippen molar-refractivity contribution in [2.45, 2.75) is 0 Å². The van der Waals surface area contributed by atoms with Crippen molar-refractivity contribution >= 4 is 17.6 Å². The van der Waals surface area contributed by atoms with Crippen molar-refractivity contribution in [3.05, 3.63) is 71.5 Å². The van der Waals surface area contributed by atoms with Gasteiger partial charge in [0.05, 0.1) is 11.9 Å². The van der Waals surface area contributed by atoms with Crippen LogP contribution in [0.5, 0.6) is 5.75 Å². The predicted octanol–water partition coefficient (Wildman–Crippen LogP) is 3.14. The lowest BCUT2D eigenvalue weighted by atomic mass is 10.3. The fraction of sp³-hybridized carbons (Fsp3) is 0. The van der Waals surface area contributed by atoms with Gasteiger partial charge in [-0.15, -0.1) is 5.10 Å². The van der Waals surface area contributed by atoms with Crippen molar-refractivity contribution in [3.63, 3.8) is 0 Å². The van der Waals surface area contributed by atoms with Gasteiger partial charge in [-0.2, -0.15) is 9.90 Å². The molecule has 0 aliphatic carbocycles. The molecule has 3 aromatic rings. The summed E-state index contributed by atoms with van der Waals surface area (Å²) in [6.07, 6.45) is 1.37. The molecule has 0 atom stereocenters. The second kappa shape index (κ2) is 5.76. The molecule has 0 unspecified atom stereocenters. The molecule has 5 nitrogen and oxygen atoms in total. The minimum absolute atomic E-state index is 0.133. The van der Waals surface area contributed by atoms with Crippen LogP contribution >= 0.6 is 11.6 Å². The fourth-order valence-electron chi connectivity index (χ4n) is 1.70. The zero-order chi connectivity index (χ0) is 14.7. The molecule has 0 spiro atoms. The average molecular weight is 300 g/mol. The Bertz CT molecular complexity index is 754. The van der Waals surface area contributed by atoms with Crippen molar-refractivity contribution in [1.29, 1.82) is 0 Å². The summed E-state index contributed by atoms with van der Waals surface area (Å²) in [4.78, 5) is 13.3. The van der Waals surface area contributed by atoms with Crippen molar-refractivity contribution in [1.82, 2.24) is 15.0 Å². The van der Waals surface area contributed by atoms with Crippen LogP contribution in [0.3, 0.4) is 0 Å². The minimum Gasteiger partial charge on any atom is -0.422 e. The van der Waals surface area contributed by atoms with Crippen LogP contribution in [-0.2, 0) is 0 Å². The SMILES string of the molecule is O=C(Oc1ccc(Cl)cc1)c1cnn(-c2ccccc2)n1. The molecule has 0 saturated heterocycles. The molecule has 0 amide bonds. The van der Waals surface area contributed by atoms with E-state index in [0.717, 1.165) is 5.69 Å². The van der Waals surface area contributed by atoms with Gasteiger partial charge in [-0.1, -0.05) is 29.8 Å². The highest BCUT2D eigenvalue weighted by Gasteiger charge is 2.14. The third-order valence-electron chi connectivity index (χ3n) is 2.71. The summed E-state index contributed by atoms with van der Waals surface area (Å²) in [7, 11) is 0. The first-order valence-corrected chi connectivity index (χ1v) is 6.56. The van der Waals surface area contributed by atoms with E-state index in [0.29, 0.717) is 10.8 Å². The quantitative estimate of drug-likeness (QED) is 0.551. The number of nitrogens with zero attached hydrogens (tertiary/aromatic N) is 3. The Hall–Kier alpha value is -2.66. The second-order valence-electron chi connectivity index (χ2n) is 4.20. The van der Waals surface area contributed by atoms with Crippen LogP contribution in [0, 0.1) is 0 Å². The molecule has 0 aliphatic heterocycles. The smallest absolute Gasteiger partial charge is 0.365 e. The maximum absolute atomic E-state index is 12.0. The molecule has 1 heterocycles. The van der Waals surface area contributed by atoms with Crippen LogP contribution in [0.25, 0.3) is 5.69 Å². The number of halogens is 1. The number of ether oxygens (including phenoxy) is 1. The lowest BCUT2D eigenvalue weighted by Gasteiger charge is -2.01. The summed E-state index contributed by atoms with van der Waals surface area (Å²) in [6.45, 7) is 0. The fourth-order valence-corrected chi connectivity index (χ4v) is 1.83. The molecule has 104 valence electrons. The first-order chi connectivity index (χ1) is 10.2. The number of benzene rings is 2. The van der Waals surface area contributed by atoms with E-state index in [1.54, 1.807) is 24.3 Å². The van der Waals surface area contributed by atoms with Crippen molar-refractivity contribution in [2.75, 3.05) is 0 Å². The summed E-state index contributed by atoms with van der Waals surface area (Å²) in [6, 6.07) is 15.8. The van der Waals surface area contributed by atoms with E-state index in [-0.39, 0.29) is 5.69 Å². The van der Waals surface area contributed by atoms with Gasteiger partial charge in [0.25, 0.3) is 0 Å². The summed E-state index contributed by atoms with van der Waals surface area (Å²) in [5.41, 5.74) is 0.900. The number of hydrogen-bond donors (Lipinski definition) is 0. The van der Waals surface area contributed by atoms with Gasteiger partial charge in [-0.05, 0) is 36.4 Å². The van der Waals surface area contributed by atoms with Crippen LogP contribution in [0.15, 0.2) is 60.8 Å². The van der Waals surface area contributed by atoms with E-state index >= 15 is 0 Å². The number of rotatable bonds is 3. The van der Waals surface area contributed by atoms with Gasteiger partial charge in [0.1, 0.15) is 5.75 Å². The third-order valence-corrected chi connectivity index (χ3v) is 2.96. The molecule has 6 heteroatoms. The Morgan fingerprint density at radius 2 is 1.76 bits per heavy atom. The van der Waals surface area contributed by atoms with Crippen LogP contribution in [0.4, 0.5) is 0 Å². The van der Waals surface area contributed by atoms with Crippen LogP contribution in [-0.4, -0.2) is 21.0 Å². The van der Waals surface area contributed by atoms with Crippen molar-refractivity contribution in [3.8, 4) is 11.4 Å². The standard InChI is InChI=1S/C15H10ClN3O2/c16-11-6-8-13(9-7-11)21-15(20)14-10-17-19(18-14)12-4-2-1-3-5-12/h1-10H. The van der Waals surface area contributed by atoms with E-state index in [2.05, 4.69) is 10.2 Å². The molecule has 21 heavy (non-hydrogen) atoms. The first kappa shape index (κ1) is 13.3. The number of esters is 1. The average Bonchev–Trinajstić information content (AvgIpc) is 3.00. The van der Waals surface area contributed by atoms with Crippen LogP contribution < -0.4 is 4.74 Å². The lowest BCUT2D eigenvalue weighted by molar-refractivity contribution is 0.0728. The number of hydrogen-bond acceptors (Lipinski definition) is 4. The number of para-hydroxylation sites is 1. The molecule has 0 bridgehead atoms. The molecule has 0 saturated carbocycles. The van der Waals surface area contributed by atoms with E-state index in [1.807, 2.05) is 30.3 Å². The van der Waals surface area contributed by atoms with Crippen LogP contribution in [0.2, 0.25) is 5.02 Å². The van der Waals surface area contributed by atoms with Gasteiger partial charge in [0.2, 0.25) is 0 Å². The van der Waals surface area contributed by atoms with E-state index in [4.69, 9.17) is 16.3 Å². The first-order valence-electron chi connectivity index (χ1n) is 6.18. The molecule has 0 N–H and O–H groups in total. The molecule has 1 aromatic heterocycles. The Labute approximate surface area is 125 Å². The van der Waals surface area contributed by atoms with Gasteiger partial charge >= 0.3 is 5.97 Å². The minimum atomic E-state index is -0.570. The maximum Gasteiger partial charge on any atom is 0.365 e. The Morgan fingerprint density at radius 1 is 1.05 bits per heavy atom. The zero-order valence-electron chi connectivity index (χ0n) is 10.8. The molecular weight excluding hydrogens is 290 g/mol. The van der Waals surface area contributed by atoms with E-state index in [9.17, 15) is 4.79 Å². The molecule has 3 rings (SSSR count). The van der Waals surface area contributed by atoms with Gasteiger partial charge in [-0.25, -0.2) is 4.79 Å². The van der Waals surface area contributed by atoms with E-state index in [1.165, 1.54) is 11.0 Å². The summed E-state index contributed by atoms with van der Waals surface area (Å²) < 4.78 is 5.19. The third kappa shape index (κ3) is 3.09. The summed E-state index contributed by atoms with van der Waals surface area (Å²) in [5.74, 6) is -0.168. The van der Waals surface area contributed by atoms with Gasteiger partial charge < -0.3 is 4.74 Å². The monoisotopic (exact) mass is 299 g/mol. The lowest BCUT2D eigenvalue weighted by Crippen LogP contribution is -2.10. The highest BCUT2D eigenvalue weighted by atomic mass is 35.5. The topological polar surface area (TPSA) is 57.0 Å². The molecule has 2 aromatic carbocycles. The molecule has 0 fully saturated rings. The Balaban J connectivity index is 1.77. The largest absolute Gasteiger partial charge is 0.422 e. The summed E-state index contributed by atoms with van der Waals surface area (Å²) >= 11 is 5.77. The zero-order valence-corrected chi connectivity index (χ0v) is 11.6. The highest BCUT2D eigenvalue weighted by molar-refractivity contribution is 6.30. The van der Waals surface area contributed by atoms with Gasteiger partial charge in [-0.3, -0.25) is 0 Å². The van der Waals surface area contributed by atoms with Crippen molar-refractivity contribution < 1.29 is 9.53 Å². The highest BCUT2D eigenvalue weighted by Crippen LogP contribution is 2.16. The number of carbonyl (C=O) groups is 1. The Morgan fingerprint density at radius 3 is 2.48 bits per heavy atom. The number of aromatic nitrogens is 3.